The number of para-hydroxylation sites is 1. The second-order valence-electron chi connectivity index (χ2n) is 3.12. The Balaban J connectivity index is 2.73. The minimum atomic E-state index is -0.462. The summed E-state index contributed by atoms with van der Waals surface area (Å²) in [6.45, 7) is 3.62. The third kappa shape index (κ3) is 3.31. The number of esters is 1. The quantitative estimate of drug-likeness (QED) is 0.478. The molecule has 1 rings (SSSR count). The fourth-order valence-corrected chi connectivity index (χ4v) is 1.03. The predicted octanol–water partition coefficient (Wildman–Crippen LogP) is 1.82. The summed E-state index contributed by atoms with van der Waals surface area (Å²) in [4.78, 5) is 11.3. The van der Waals surface area contributed by atoms with Gasteiger partial charge >= 0.3 is 5.97 Å². The number of hydrogen-bond acceptors (Lipinski definition) is 4. The van der Waals surface area contributed by atoms with Gasteiger partial charge in [0, 0.05) is 0 Å². The molecule has 2 N–H and O–H groups in total. The monoisotopic (exact) mass is 221 g/mol. The van der Waals surface area contributed by atoms with Crippen molar-refractivity contribution < 1.29 is 14.3 Å². The number of ether oxygens (including phenoxy) is 2. The molecule has 0 saturated carbocycles. The molecule has 0 heterocycles. The molecule has 0 aliphatic rings. The number of carbonyl (C=O) groups is 1. The number of hydrogen-bond donors (Lipinski definition) is 1. The van der Waals surface area contributed by atoms with Crippen molar-refractivity contribution in [2.45, 2.75) is 13.8 Å². The van der Waals surface area contributed by atoms with Crippen molar-refractivity contribution in [3.63, 3.8) is 0 Å². The first kappa shape index (κ1) is 12.1. The van der Waals surface area contributed by atoms with Crippen LogP contribution in [0.1, 0.15) is 13.8 Å². The van der Waals surface area contributed by atoms with E-state index in [2.05, 4.69) is 0 Å². The Morgan fingerprint density at radius 2 is 1.94 bits per heavy atom. The Hall–Kier alpha value is -1.97. The van der Waals surface area contributed by atoms with Gasteiger partial charge < -0.3 is 15.2 Å². The van der Waals surface area contributed by atoms with Crippen LogP contribution < -0.4 is 10.5 Å². The lowest BCUT2D eigenvalue weighted by Gasteiger charge is -2.08. The standard InChI is InChI=1S/C12H15NO3/c1-3-15-12(14)9(2)11(13)16-10-7-5-4-6-8-10/h4-8H,3,13H2,1-2H3/b11-9-. The third-order valence-electron chi connectivity index (χ3n) is 1.92. The highest BCUT2D eigenvalue weighted by atomic mass is 16.5. The van der Waals surface area contributed by atoms with Crippen molar-refractivity contribution in [3.8, 4) is 5.75 Å². The lowest BCUT2D eigenvalue weighted by molar-refractivity contribution is -0.138. The average Bonchev–Trinajstić information content (AvgIpc) is 2.29. The lowest BCUT2D eigenvalue weighted by Crippen LogP contribution is -2.16. The zero-order chi connectivity index (χ0) is 12.0. The van der Waals surface area contributed by atoms with Crippen LogP contribution in [-0.2, 0) is 9.53 Å². The van der Waals surface area contributed by atoms with Crippen LogP contribution in [0.3, 0.4) is 0 Å². The Morgan fingerprint density at radius 1 is 1.31 bits per heavy atom. The second kappa shape index (κ2) is 5.80. The van der Waals surface area contributed by atoms with E-state index in [-0.39, 0.29) is 11.5 Å². The molecule has 0 bridgehead atoms. The van der Waals surface area contributed by atoms with Crippen molar-refractivity contribution >= 4 is 5.97 Å². The zero-order valence-electron chi connectivity index (χ0n) is 9.40. The molecular weight excluding hydrogens is 206 g/mol. The molecule has 0 saturated heterocycles. The first-order valence-electron chi connectivity index (χ1n) is 5.01. The minimum Gasteiger partial charge on any atom is -0.462 e. The highest BCUT2D eigenvalue weighted by Crippen LogP contribution is 2.12. The molecule has 0 unspecified atom stereocenters. The summed E-state index contributed by atoms with van der Waals surface area (Å²) in [5.74, 6) is 0.184. The topological polar surface area (TPSA) is 61.5 Å². The van der Waals surface area contributed by atoms with Gasteiger partial charge in [0.2, 0.25) is 5.88 Å². The molecule has 4 heteroatoms. The van der Waals surface area contributed by atoms with Crippen molar-refractivity contribution in [2.75, 3.05) is 6.61 Å². The fourth-order valence-electron chi connectivity index (χ4n) is 1.03. The average molecular weight is 221 g/mol. The van der Waals surface area contributed by atoms with Gasteiger partial charge in [0.1, 0.15) is 5.75 Å². The van der Waals surface area contributed by atoms with Crippen LogP contribution in [0.15, 0.2) is 41.8 Å². The molecule has 0 aromatic heterocycles. The second-order valence-corrected chi connectivity index (χ2v) is 3.12. The normalized spacial score (nSPS) is 11.6. The maximum atomic E-state index is 11.3. The SMILES string of the molecule is CCOC(=O)/C(C)=C(/N)Oc1ccccc1. The lowest BCUT2D eigenvalue weighted by atomic mass is 10.3. The van der Waals surface area contributed by atoms with E-state index >= 15 is 0 Å². The van der Waals surface area contributed by atoms with Crippen LogP contribution >= 0.6 is 0 Å². The van der Waals surface area contributed by atoms with Gasteiger partial charge in [-0.25, -0.2) is 4.79 Å². The van der Waals surface area contributed by atoms with E-state index in [1.165, 1.54) is 0 Å². The first-order chi connectivity index (χ1) is 7.65. The summed E-state index contributed by atoms with van der Waals surface area (Å²) < 4.78 is 10.1. The van der Waals surface area contributed by atoms with E-state index in [0.717, 1.165) is 0 Å². The van der Waals surface area contributed by atoms with Gasteiger partial charge in [-0.15, -0.1) is 0 Å². The van der Waals surface area contributed by atoms with Gasteiger partial charge in [0.05, 0.1) is 12.2 Å². The van der Waals surface area contributed by atoms with E-state index in [9.17, 15) is 4.79 Å². The molecule has 0 fully saturated rings. The molecule has 0 aliphatic heterocycles. The van der Waals surface area contributed by atoms with Crippen LogP contribution in [0, 0.1) is 0 Å². The van der Waals surface area contributed by atoms with Crippen LogP contribution in [0.4, 0.5) is 0 Å². The largest absolute Gasteiger partial charge is 0.462 e. The maximum absolute atomic E-state index is 11.3. The van der Waals surface area contributed by atoms with Crippen LogP contribution in [-0.4, -0.2) is 12.6 Å². The van der Waals surface area contributed by atoms with Crippen LogP contribution in [0.25, 0.3) is 0 Å². The molecule has 0 amide bonds. The third-order valence-corrected chi connectivity index (χ3v) is 1.92. The Labute approximate surface area is 94.7 Å². The fraction of sp³-hybridized carbons (Fsp3) is 0.250. The van der Waals surface area contributed by atoms with E-state index < -0.39 is 5.97 Å². The Bertz CT molecular complexity index is 385. The van der Waals surface area contributed by atoms with Gasteiger partial charge in [0.25, 0.3) is 0 Å². The molecule has 1 aromatic rings. The smallest absolute Gasteiger partial charge is 0.339 e. The van der Waals surface area contributed by atoms with E-state index in [0.29, 0.717) is 12.4 Å². The van der Waals surface area contributed by atoms with E-state index in [1.807, 2.05) is 18.2 Å². The predicted molar refractivity (Wildman–Crippen MR) is 60.6 cm³/mol. The summed E-state index contributed by atoms with van der Waals surface area (Å²) >= 11 is 0. The zero-order valence-corrected chi connectivity index (χ0v) is 9.40. The molecule has 1 aromatic carbocycles. The summed E-state index contributed by atoms with van der Waals surface area (Å²) in [7, 11) is 0. The van der Waals surface area contributed by atoms with Crippen molar-refractivity contribution in [3.05, 3.63) is 41.8 Å². The Morgan fingerprint density at radius 3 is 2.50 bits per heavy atom. The van der Waals surface area contributed by atoms with Crippen molar-refractivity contribution in [1.29, 1.82) is 0 Å². The molecule has 4 nitrogen and oxygen atoms in total. The summed E-state index contributed by atoms with van der Waals surface area (Å²) in [5.41, 5.74) is 5.91. The number of nitrogens with two attached hydrogens (primary N) is 1. The number of carbonyl (C=O) groups excluding carboxylic acids is 1. The molecule has 16 heavy (non-hydrogen) atoms. The number of benzene rings is 1. The Kier molecular flexibility index (Phi) is 4.39. The molecule has 86 valence electrons. The molecular formula is C12H15NO3. The van der Waals surface area contributed by atoms with Gasteiger partial charge in [-0.1, -0.05) is 18.2 Å². The van der Waals surface area contributed by atoms with Gasteiger partial charge in [-0.3, -0.25) is 0 Å². The van der Waals surface area contributed by atoms with Gasteiger partial charge in [-0.2, -0.15) is 0 Å². The summed E-state index contributed by atoms with van der Waals surface area (Å²) in [6, 6.07) is 9.02. The van der Waals surface area contributed by atoms with E-state index in [1.54, 1.807) is 26.0 Å². The van der Waals surface area contributed by atoms with Crippen molar-refractivity contribution in [2.24, 2.45) is 5.73 Å². The van der Waals surface area contributed by atoms with Gasteiger partial charge in [0.15, 0.2) is 0 Å². The highest BCUT2D eigenvalue weighted by Gasteiger charge is 2.11. The van der Waals surface area contributed by atoms with Crippen LogP contribution in [0.2, 0.25) is 0 Å². The summed E-state index contributed by atoms with van der Waals surface area (Å²) in [6.07, 6.45) is 0. The molecule has 0 atom stereocenters. The number of rotatable bonds is 4. The highest BCUT2D eigenvalue weighted by molar-refractivity contribution is 5.88. The molecule has 0 spiro atoms. The maximum Gasteiger partial charge on any atom is 0.339 e. The minimum absolute atomic E-state index is 0.0599. The van der Waals surface area contributed by atoms with Crippen molar-refractivity contribution in [1.82, 2.24) is 0 Å². The van der Waals surface area contributed by atoms with Crippen LogP contribution in [0.5, 0.6) is 5.75 Å². The summed E-state index contributed by atoms with van der Waals surface area (Å²) in [5, 5.41) is 0. The molecule has 0 aliphatic carbocycles. The first-order valence-corrected chi connectivity index (χ1v) is 5.01. The molecule has 0 radical (unpaired) electrons. The van der Waals surface area contributed by atoms with Gasteiger partial charge in [-0.05, 0) is 26.0 Å². The van der Waals surface area contributed by atoms with E-state index in [4.69, 9.17) is 15.2 Å².